The summed E-state index contributed by atoms with van der Waals surface area (Å²) in [5, 5.41) is 72.8. The van der Waals surface area contributed by atoms with E-state index >= 15 is 0 Å². The summed E-state index contributed by atoms with van der Waals surface area (Å²) in [5.41, 5.74) is 0.211. The van der Waals surface area contributed by atoms with Crippen LogP contribution in [0.3, 0.4) is 0 Å². The minimum Gasteiger partial charge on any atom is -0.427 e. The third kappa shape index (κ3) is 24.7. The Bertz CT molecular complexity index is 5830. The zero-order chi connectivity index (χ0) is 105. The lowest BCUT2D eigenvalue weighted by Crippen LogP contribution is -2.67. The van der Waals surface area contributed by atoms with E-state index in [1.165, 1.54) is 60.6 Å². The number of aliphatic hydroxyl groups excluding tert-OH is 2. The van der Waals surface area contributed by atoms with Crippen LogP contribution in [0.5, 0.6) is 5.75 Å². The van der Waals surface area contributed by atoms with Gasteiger partial charge < -0.3 is 88.4 Å². The summed E-state index contributed by atoms with van der Waals surface area (Å²) in [5.74, 6) is -1.60. The summed E-state index contributed by atoms with van der Waals surface area (Å²) in [7, 11) is -17.9. The molecule has 144 heavy (non-hydrogen) atoms. The third-order valence-corrected chi connectivity index (χ3v) is 58.3. The van der Waals surface area contributed by atoms with Gasteiger partial charge in [0, 0.05) is 56.3 Å². The number of carbonyl (C=O) groups is 3. The second-order valence-corrected chi connectivity index (χ2v) is 67.9. The zero-order valence-electron chi connectivity index (χ0n) is 85.8. The third-order valence-electron chi connectivity index (χ3n) is 27.4. The lowest BCUT2D eigenvalue weighted by molar-refractivity contribution is -0.117. The molecule has 794 valence electrons. The Morgan fingerprint density at radius 2 is 0.826 bits per heavy atom. The molecule has 0 aliphatic carbocycles. The van der Waals surface area contributed by atoms with Gasteiger partial charge in [-0.15, -0.1) is 0 Å². The Balaban J connectivity index is 0.000000270. The smallest absolute Gasteiger partial charge is 0.359 e. The van der Waals surface area contributed by atoms with Gasteiger partial charge in [-0.25, -0.2) is 19.2 Å². The summed E-state index contributed by atoms with van der Waals surface area (Å²) >= 11 is 5.67. The number of nitrogens with two attached hydrogens (primary N) is 1. The maximum absolute atomic E-state index is 13.6. The van der Waals surface area contributed by atoms with Crippen molar-refractivity contribution in [3.8, 4) is 30.0 Å². The number of fused-ring (bicyclic) bond motifs is 4. The van der Waals surface area contributed by atoms with Gasteiger partial charge in [0.05, 0.1) is 61.8 Å². The molecule has 45 heteroatoms. The van der Waals surface area contributed by atoms with E-state index in [4.69, 9.17) is 95.6 Å². The molecule has 7 aliphatic heterocycles. The molecule has 5 N–H and O–H groups in total. The minimum atomic E-state index is -3.30. The molecule has 7 saturated heterocycles. The number of hydrogen-bond donors (Lipinski definition) is 4. The highest BCUT2D eigenvalue weighted by Crippen LogP contribution is 2.56. The molecule has 0 bridgehead atoms. The topological polar surface area (TPSA) is 511 Å². The standard InChI is InChI=1S/C36H47N3O8SSi2.C25H41N3O7Si2.C25H41N3O6Si2.C10H12N4O4.3CH4/c1-22(2)49(23(3)4)42-20-31-32(46-50(47-49,24(5)6)25(7)8)36(21-37,33(44-31)39-17-16-29(18-26(9)40)38-34(39)41)45-35(48)43-30-15-14-27-12-10-11-13-28(27)19-30;1-15(2)36(16(3)4)32-13-21-22(34-37(35-36,17(5)6)18(7)8)25(31,14-26)23(33-21)28-11-10-20(12-19(9)29)27-24(28)30;1-15(2)35(16(3)4)31-14-22-23(33-36(34-35,17(5)6)18(7)8)21(13-26)24(32-22)28-11-10-20(12-19(9)29)27-25(28)30;11-3-5-8(16)6(4-15)18-9(5)14-2-1-7(12)13-10(14)17;;;/h10-17,19,22-25,31-33H,18,20H2,1-9H3;10-11,15-18,21-23,31H,12-13H2,1-9H3;10-11,15-18,21-24H,12,14H2,1-9H3;1-2,5-6,8-9,15-16H,4H2,(H2,12,13,17);3*1H4/t31-,32-,33-,36?;21-,22-,23-,25?;21-,22+,23-,24+;5-,6+,8-,9+;;;/m1100.../s1. The molecule has 16 atom stereocenters. The van der Waals surface area contributed by atoms with Gasteiger partial charge in [0.25, 0.3) is 5.60 Å². The highest BCUT2D eigenvalue weighted by Gasteiger charge is 2.71. The zero-order valence-corrected chi connectivity index (χ0v) is 92.6. The number of aromatic nitrogens is 8. The molecule has 11 heterocycles. The molecule has 38 nitrogen and oxygen atoms in total. The molecule has 0 radical (unpaired) electrons. The maximum atomic E-state index is 13.6. The van der Waals surface area contributed by atoms with E-state index in [1.807, 2.05) is 76.2 Å². The molecule has 4 aromatic heterocycles. The van der Waals surface area contributed by atoms with Gasteiger partial charge in [-0.2, -0.15) is 41.0 Å². The number of Topliss-reactive ketones (excluding diaryl/α,β-unsaturated/α-hetero) is 3. The number of nitriles is 4. The number of benzene rings is 2. The average Bonchev–Trinajstić information content (AvgIpc) is 1.55. The number of ketones is 3. The highest BCUT2D eigenvalue weighted by atomic mass is 32.1. The number of nitrogen functional groups attached to an aromatic ring is 1. The predicted molar refractivity (Wildman–Crippen MR) is 557 cm³/mol. The van der Waals surface area contributed by atoms with Crippen molar-refractivity contribution in [2.75, 3.05) is 32.2 Å². The molecule has 0 spiro atoms. The molecule has 0 saturated carbocycles. The number of anilines is 1. The lowest BCUT2D eigenvalue weighted by Gasteiger charge is -2.51. The number of rotatable bonds is 25. The summed E-state index contributed by atoms with van der Waals surface area (Å²) in [6.45, 7) is 54.6. The predicted octanol–water partition coefficient (Wildman–Crippen LogP) is 15.0. The van der Waals surface area contributed by atoms with Gasteiger partial charge in [-0.3, -0.25) is 32.7 Å². The fraction of sp³-hybridized carbons (Fsp3) is 0.657. The van der Waals surface area contributed by atoms with Crippen molar-refractivity contribution in [1.29, 1.82) is 21.0 Å². The molecule has 13 rings (SSSR count). The van der Waals surface area contributed by atoms with E-state index in [9.17, 15) is 59.6 Å². The van der Waals surface area contributed by atoms with Crippen LogP contribution in [0.15, 0.2) is 111 Å². The fourth-order valence-corrected chi connectivity index (χ4v) is 54.0. The highest BCUT2D eigenvalue weighted by molar-refractivity contribution is 7.79. The average molecular weight is 2130 g/mol. The normalized spacial score (nSPS) is 26.8. The molecule has 2 aromatic carbocycles. The van der Waals surface area contributed by atoms with E-state index < -0.39 is 178 Å². The van der Waals surface area contributed by atoms with Crippen molar-refractivity contribution in [3.63, 3.8) is 0 Å². The lowest BCUT2D eigenvalue weighted by atomic mass is 9.95. The number of aliphatic hydroxyl groups is 3. The molecule has 7 fully saturated rings. The van der Waals surface area contributed by atoms with Gasteiger partial charge in [-0.05, 0) is 134 Å². The Morgan fingerprint density at radius 3 is 1.21 bits per heavy atom. The quantitative estimate of drug-likeness (QED) is 0.0235. The monoisotopic (exact) mass is 2120 g/mol. The Hall–Kier alpha value is -8.66. The van der Waals surface area contributed by atoms with Crippen LogP contribution in [0.25, 0.3) is 10.8 Å². The first-order chi connectivity index (χ1) is 66.1. The molecule has 7 aliphatic rings. The first kappa shape index (κ1) is 122. The van der Waals surface area contributed by atoms with E-state index in [1.54, 1.807) is 24.4 Å². The van der Waals surface area contributed by atoms with Crippen LogP contribution >= 0.6 is 12.2 Å². The number of thiocarbonyl (C=S) groups is 1. The molecular weight excluding hydrogens is 1970 g/mol. The van der Waals surface area contributed by atoms with Crippen LogP contribution in [0, 0.1) is 57.2 Å². The Kier molecular flexibility index (Phi) is 42.2. The number of ether oxygens (including phenoxy) is 6. The van der Waals surface area contributed by atoms with Crippen molar-refractivity contribution in [3.05, 3.63) is 151 Å². The number of carbonyl (C=O) groups excluding carboxylic acids is 3. The van der Waals surface area contributed by atoms with Crippen molar-refractivity contribution < 1.29 is 97.0 Å². The Labute approximate surface area is 858 Å². The van der Waals surface area contributed by atoms with Crippen molar-refractivity contribution in [2.45, 2.75) is 380 Å². The van der Waals surface area contributed by atoms with E-state index in [0.29, 0.717) is 22.8 Å². The summed E-state index contributed by atoms with van der Waals surface area (Å²) < 4.78 is 105. The summed E-state index contributed by atoms with van der Waals surface area (Å²) in [6.07, 6.45) is -5.86. The van der Waals surface area contributed by atoms with Crippen LogP contribution in [-0.2, 0) is 96.2 Å². The molecular formula is C99H153N13O25SSi6. The molecule has 0 amide bonds. The van der Waals surface area contributed by atoms with E-state index in [0.717, 1.165) is 19.9 Å². The van der Waals surface area contributed by atoms with Crippen LogP contribution < -0.4 is 33.2 Å². The van der Waals surface area contributed by atoms with Gasteiger partial charge in [-0.1, -0.05) is 219 Å². The van der Waals surface area contributed by atoms with Gasteiger partial charge in [0.1, 0.15) is 95.6 Å². The van der Waals surface area contributed by atoms with Crippen LogP contribution in [0.4, 0.5) is 5.82 Å². The van der Waals surface area contributed by atoms with Gasteiger partial charge in [0.2, 0.25) is 5.60 Å². The fourth-order valence-electron chi connectivity index (χ4n) is 20.1. The van der Waals surface area contributed by atoms with E-state index in [-0.39, 0.29) is 156 Å². The first-order valence-electron chi connectivity index (χ1n) is 48.4. The van der Waals surface area contributed by atoms with E-state index in [2.05, 4.69) is 171 Å². The second kappa shape index (κ2) is 49.6. The maximum Gasteiger partial charge on any atom is 0.359 e. The largest absolute Gasteiger partial charge is 0.427 e. The molecule has 6 aromatic rings. The number of nitrogens with zero attached hydrogens (tertiary/aromatic N) is 12. The van der Waals surface area contributed by atoms with Crippen molar-refractivity contribution in [1.82, 2.24) is 38.2 Å². The van der Waals surface area contributed by atoms with Gasteiger partial charge >= 0.3 is 79.4 Å². The van der Waals surface area contributed by atoms with Crippen molar-refractivity contribution in [2.24, 2.45) is 11.8 Å². The van der Waals surface area contributed by atoms with Crippen LogP contribution in [0.2, 0.25) is 66.5 Å². The number of hydrogen-bond acceptors (Lipinski definition) is 35. The SMILES string of the molecule is C.C.C.CC(=O)Cc1ccn([C@@H]2O[C@@H]3CO[Si](C(C)C)(C(C)C)O[Si](C(C)C)(C(C)C)O[C@H]3C2(C#N)OC(=S)Oc2ccc3ccccc3c2)c(=O)n1.CC(=O)Cc1ccn([C@@H]2O[C@@H]3CO[Si](C(C)C)(C(C)C)O[Si](C(C)C)(C(C)C)O[C@H]3C2(O)C#N)c(=O)n1.CC(=O)Cc1ccn([C@@H]2O[C@@H]3CO[Si](C(C)C)(C(C)C)O[Si](C(C)C)(C(C)C)O[C@H]3[C@@H]2C#N)c(=O)n1.N#C[C@H]1[C@H](O)[C@@H](CO)O[C@H]1n1ccc(N)nc1=O. The Morgan fingerprint density at radius 1 is 0.465 bits per heavy atom. The minimum absolute atomic E-state index is 0. The van der Waals surface area contributed by atoms with Gasteiger partial charge in [0.15, 0.2) is 24.9 Å². The first-order valence-corrected chi connectivity index (χ1v) is 60.6. The summed E-state index contributed by atoms with van der Waals surface area (Å²) in [4.78, 5) is 102. The second-order valence-electron chi connectivity index (χ2n) is 41.1. The van der Waals surface area contributed by atoms with Crippen LogP contribution in [-0.4, -0.2) is 214 Å². The summed E-state index contributed by atoms with van der Waals surface area (Å²) in [6, 6.07) is 27.9. The van der Waals surface area contributed by atoms with Crippen molar-refractivity contribution >= 4 is 103 Å². The van der Waals surface area contributed by atoms with Crippen LogP contribution in [0.1, 0.15) is 251 Å². The molecule has 2 unspecified atom stereocenters.